The first-order valence-electron chi connectivity index (χ1n) is 5.47. The minimum absolute atomic E-state index is 0.0819. The lowest BCUT2D eigenvalue weighted by Crippen LogP contribution is -2.25. The molecule has 0 aliphatic carbocycles. The van der Waals surface area contributed by atoms with Gasteiger partial charge in [-0.15, -0.1) is 0 Å². The van der Waals surface area contributed by atoms with Gasteiger partial charge < -0.3 is 11.1 Å². The molecule has 3 N–H and O–H groups in total. The Morgan fingerprint density at radius 3 is 2.41 bits per heavy atom. The van der Waals surface area contributed by atoms with Gasteiger partial charge in [0.05, 0.1) is 0 Å². The van der Waals surface area contributed by atoms with Crippen molar-refractivity contribution in [1.82, 2.24) is 15.0 Å². The summed E-state index contributed by atoms with van der Waals surface area (Å²) >= 11 is 0. The summed E-state index contributed by atoms with van der Waals surface area (Å²) < 4.78 is 0. The van der Waals surface area contributed by atoms with Gasteiger partial charge in [-0.1, -0.05) is 0 Å². The highest BCUT2D eigenvalue weighted by atomic mass is 15.1. The van der Waals surface area contributed by atoms with Gasteiger partial charge in [-0.25, -0.2) is 9.97 Å². The summed E-state index contributed by atoms with van der Waals surface area (Å²) in [5.74, 6) is 0.597. The summed E-state index contributed by atoms with van der Waals surface area (Å²) in [5, 5.41) is 3.06. The fraction of sp³-hybridized carbons (Fsp3) is 0.250. The van der Waals surface area contributed by atoms with E-state index in [4.69, 9.17) is 5.73 Å². The van der Waals surface area contributed by atoms with E-state index in [2.05, 4.69) is 20.3 Å². The van der Waals surface area contributed by atoms with Gasteiger partial charge in [0.2, 0.25) is 5.95 Å². The van der Waals surface area contributed by atoms with E-state index in [1.165, 1.54) is 0 Å². The quantitative estimate of drug-likeness (QED) is 0.826. The molecule has 0 aliphatic heterocycles. The van der Waals surface area contributed by atoms with E-state index in [-0.39, 0.29) is 6.04 Å². The monoisotopic (exact) mass is 229 g/mol. The fourth-order valence-electron chi connectivity index (χ4n) is 1.37. The minimum atomic E-state index is 0.0819. The van der Waals surface area contributed by atoms with Crippen molar-refractivity contribution < 1.29 is 0 Å². The maximum atomic E-state index is 5.64. The van der Waals surface area contributed by atoms with E-state index in [9.17, 15) is 0 Å². The molecule has 5 nitrogen and oxygen atoms in total. The molecule has 0 radical (unpaired) electrons. The van der Waals surface area contributed by atoms with Gasteiger partial charge in [-0.05, 0) is 24.6 Å². The molecule has 17 heavy (non-hydrogen) atoms. The average molecular weight is 229 g/mol. The fourth-order valence-corrected chi connectivity index (χ4v) is 1.37. The molecular weight excluding hydrogens is 214 g/mol. The van der Waals surface area contributed by atoms with Gasteiger partial charge in [0, 0.05) is 42.9 Å². The highest BCUT2D eigenvalue weighted by Gasteiger charge is 2.00. The van der Waals surface area contributed by atoms with Gasteiger partial charge in [0.25, 0.3) is 0 Å². The topological polar surface area (TPSA) is 76.7 Å². The van der Waals surface area contributed by atoms with E-state index < -0.39 is 0 Å². The standard InChI is InChI=1S/C12H15N5/c1-9(13)6-15-12-16-7-11(8-17-12)10-2-4-14-5-3-10/h2-5,7-9H,6,13H2,1H3,(H,15,16,17). The van der Waals surface area contributed by atoms with Crippen molar-refractivity contribution in [3.8, 4) is 11.1 Å². The van der Waals surface area contributed by atoms with Crippen LogP contribution in [-0.4, -0.2) is 27.5 Å². The Hall–Kier alpha value is -2.01. The lowest BCUT2D eigenvalue weighted by molar-refractivity contribution is 0.773. The Labute approximate surface area is 100 Å². The summed E-state index contributed by atoms with van der Waals surface area (Å²) in [4.78, 5) is 12.4. The lowest BCUT2D eigenvalue weighted by atomic mass is 10.1. The number of anilines is 1. The van der Waals surface area contributed by atoms with Crippen LogP contribution in [0.15, 0.2) is 36.9 Å². The molecule has 2 aromatic rings. The first-order chi connectivity index (χ1) is 8.25. The number of aromatic nitrogens is 3. The molecule has 2 heterocycles. The van der Waals surface area contributed by atoms with Gasteiger partial charge in [0.1, 0.15) is 0 Å². The van der Waals surface area contributed by atoms with Crippen LogP contribution in [0.3, 0.4) is 0 Å². The molecule has 2 rings (SSSR count). The van der Waals surface area contributed by atoms with Crippen LogP contribution >= 0.6 is 0 Å². The van der Waals surface area contributed by atoms with Gasteiger partial charge in [-0.2, -0.15) is 0 Å². The van der Waals surface area contributed by atoms with Crippen LogP contribution in [0.4, 0.5) is 5.95 Å². The maximum absolute atomic E-state index is 5.64. The second-order valence-electron chi connectivity index (χ2n) is 3.89. The summed E-state index contributed by atoms with van der Waals surface area (Å²) in [5.41, 5.74) is 7.66. The van der Waals surface area contributed by atoms with Crippen molar-refractivity contribution in [1.29, 1.82) is 0 Å². The molecule has 0 fully saturated rings. The van der Waals surface area contributed by atoms with Crippen molar-refractivity contribution >= 4 is 5.95 Å². The molecule has 0 saturated heterocycles. The second-order valence-corrected chi connectivity index (χ2v) is 3.89. The van der Waals surface area contributed by atoms with Crippen LogP contribution in [0, 0.1) is 0 Å². The Morgan fingerprint density at radius 2 is 1.82 bits per heavy atom. The molecular formula is C12H15N5. The van der Waals surface area contributed by atoms with E-state index in [1.54, 1.807) is 24.8 Å². The number of nitrogens with one attached hydrogen (secondary N) is 1. The van der Waals surface area contributed by atoms with Crippen LogP contribution < -0.4 is 11.1 Å². The zero-order valence-electron chi connectivity index (χ0n) is 9.67. The molecule has 0 spiro atoms. The van der Waals surface area contributed by atoms with Crippen molar-refractivity contribution in [2.75, 3.05) is 11.9 Å². The summed E-state index contributed by atoms with van der Waals surface area (Å²) in [6.45, 7) is 2.59. The molecule has 88 valence electrons. The zero-order chi connectivity index (χ0) is 12.1. The largest absolute Gasteiger partial charge is 0.353 e. The second kappa shape index (κ2) is 5.36. The first-order valence-corrected chi connectivity index (χ1v) is 5.47. The van der Waals surface area contributed by atoms with Crippen LogP contribution in [0.5, 0.6) is 0 Å². The summed E-state index contributed by atoms with van der Waals surface area (Å²) in [6, 6.07) is 3.93. The molecule has 0 aromatic carbocycles. The lowest BCUT2D eigenvalue weighted by Gasteiger charge is -2.07. The number of nitrogens with zero attached hydrogens (tertiary/aromatic N) is 3. The summed E-state index contributed by atoms with van der Waals surface area (Å²) in [6.07, 6.45) is 7.06. The third-order valence-corrected chi connectivity index (χ3v) is 2.25. The molecule has 1 atom stereocenters. The van der Waals surface area contributed by atoms with E-state index in [1.807, 2.05) is 19.1 Å². The third-order valence-electron chi connectivity index (χ3n) is 2.25. The highest BCUT2D eigenvalue weighted by Crippen LogP contribution is 2.16. The first kappa shape index (κ1) is 11.5. The van der Waals surface area contributed by atoms with Crippen molar-refractivity contribution in [3.05, 3.63) is 36.9 Å². The molecule has 0 saturated carbocycles. The van der Waals surface area contributed by atoms with Gasteiger partial charge >= 0.3 is 0 Å². The van der Waals surface area contributed by atoms with Crippen LogP contribution in [0.25, 0.3) is 11.1 Å². The summed E-state index contributed by atoms with van der Waals surface area (Å²) in [7, 11) is 0. The Balaban J connectivity index is 2.08. The highest BCUT2D eigenvalue weighted by molar-refractivity contribution is 5.61. The maximum Gasteiger partial charge on any atom is 0.222 e. The smallest absolute Gasteiger partial charge is 0.222 e. The Bertz CT molecular complexity index is 452. The van der Waals surface area contributed by atoms with E-state index in [0.717, 1.165) is 11.1 Å². The average Bonchev–Trinajstić information content (AvgIpc) is 2.38. The SMILES string of the molecule is CC(N)CNc1ncc(-c2ccncc2)cn1. The predicted octanol–water partition coefficient (Wildman–Crippen LogP) is 1.30. The van der Waals surface area contributed by atoms with Crippen LogP contribution in [-0.2, 0) is 0 Å². The normalized spacial score (nSPS) is 12.1. The Morgan fingerprint density at radius 1 is 1.18 bits per heavy atom. The number of hydrogen-bond acceptors (Lipinski definition) is 5. The number of hydrogen-bond donors (Lipinski definition) is 2. The zero-order valence-corrected chi connectivity index (χ0v) is 9.67. The van der Waals surface area contributed by atoms with Crippen LogP contribution in [0.2, 0.25) is 0 Å². The van der Waals surface area contributed by atoms with Crippen LogP contribution in [0.1, 0.15) is 6.92 Å². The molecule has 5 heteroatoms. The van der Waals surface area contributed by atoms with Crippen molar-refractivity contribution in [2.45, 2.75) is 13.0 Å². The van der Waals surface area contributed by atoms with Crippen molar-refractivity contribution in [3.63, 3.8) is 0 Å². The molecule has 1 unspecified atom stereocenters. The Kier molecular flexibility index (Phi) is 3.62. The van der Waals surface area contributed by atoms with Crippen molar-refractivity contribution in [2.24, 2.45) is 5.73 Å². The third kappa shape index (κ3) is 3.22. The van der Waals surface area contributed by atoms with E-state index >= 15 is 0 Å². The molecule has 0 amide bonds. The number of rotatable bonds is 4. The van der Waals surface area contributed by atoms with Gasteiger partial charge in [0.15, 0.2) is 0 Å². The molecule has 0 bridgehead atoms. The minimum Gasteiger partial charge on any atom is -0.353 e. The number of nitrogens with two attached hydrogens (primary N) is 1. The van der Waals surface area contributed by atoms with E-state index in [0.29, 0.717) is 12.5 Å². The molecule has 0 aliphatic rings. The molecule has 2 aromatic heterocycles. The number of pyridine rings is 1. The predicted molar refractivity (Wildman–Crippen MR) is 67.4 cm³/mol. The van der Waals surface area contributed by atoms with Gasteiger partial charge in [-0.3, -0.25) is 4.98 Å².